The molecule has 2 atom stereocenters. The highest BCUT2D eigenvalue weighted by atomic mass is 32.2. The Morgan fingerprint density at radius 2 is 1.41 bits per heavy atom. The monoisotopic (exact) mass is 541 g/mol. The van der Waals surface area contributed by atoms with E-state index in [2.05, 4.69) is 16.0 Å². The second kappa shape index (κ2) is 13.2. The summed E-state index contributed by atoms with van der Waals surface area (Å²) in [6.45, 7) is 0.388. The molecule has 4 aromatic rings. The maximum absolute atomic E-state index is 13.3. The van der Waals surface area contributed by atoms with Crippen molar-refractivity contribution in [1.82, 2.24) is 5.32 Å². The van der Waals surface area contributed by atoms with Crippen molar-refractivity contribution in [2.45, 2.75) is 23.1 Å². The Hall–Kier alpha value is -4.76. The van der Waals surface area contributed by atoms with Gasteiger partial charge in [0.05, 0.1) is 22.5 Å². The summed E-state index contributed by atoms with van der Waals surface area (Å²) in [5, 5.41) is 16.9. The lowest BCUT2D eigenvalue weighted by Crippen LogP contribution is -2.28. The maximum atomic E-state index is 13.3. The first-order chi connectivity index (χ1) is 18.9. The quantitative estimate of drug-likeness (QED) is 0.209. The molecule has 0 aliphatic rings. The van der Waals surface area contributed by atoms with E-state index < -0.39 is 22.0 Å². The topological polar surface area (TPSA) is 125 Å². The summed E-state index contributed by atoms with van der Waals surface area (Å²) >= 11 is 0. The van der Waals surface area contributed by atoms with Crippen molar-refractivity contribution in [2.24, 2.45) is 0 Å². The Morgan fingerprint density at radius 3 is 2.08 bits per heavy atom. The third kappa shape index (κ3) is 7.86. The molecule has 0 fully saturated rings. The zero-order valence-electron chi connectivity index (χ0n) is 20.9. The van der Waals surface area contributed by atoms with Gasteiger partial charge in [-0.2, -0.15) is 0 Å². The summed E-state index contributed by atoms with van der Waals surface area (Å²) in [5.74, 6) is -1.43. The normalized spacial score (nSPS) is 12.1. The number of urea groups is 1. The number of hydrogen-bond donors (Lipinski definition) is 4. The third-order valence-electron chi connectivity index (χ3n) is 5.81. The van der Waals surface area contributed by atoms with Gasteiger partial charge >= 0.3 is 12.0 Å². The fraction of sp³-hybridized carbons (Fsp3) is 0.100. The summed E-state index contributed by atoms with van der Waals surface area (Å²) < 4.78 is 13.3. The van der Waals surface area contributed by atoms with Crippen LogP contribution >= 0.6 is 0 Å². The first-order valence-electron chi connectivity index (χ1n) is 12.2. The number of benzene rings is 4. The van der Waals surface area contributed by atoms with Crippen LogP contribution in [-0.4, -0.2) is 27.2 Å². The SMILES string of the molecule is O=C(O)CC(c1ccccc1)S(=O)c1cccc(NC(=O)c2ccc(NC(=O)NCc3ccccc3)cc2)c1. The maximum Gasteiger partial charge on any atom is 0.319 e. The van der Waals surface area contributed by atoms with E-state index in [4.69, 9.17) is 0 Å². The molecule has 4 N–H and O–H groups in total. The number of nitrogens with one attached hydrogen (secondary N) is 3. The Labute approximate surface area is 228 Å². The number of carbonyl (C=O) groups excluding carboxylic acids is 2. The van der Waals surface area contributed by atoms with Gasteiger partial charge in [0.1, 0.15) is 0 Å². The van der Waals surface area contributed by atoms with Crippen molar-refractivity contribution < 1.29 is 23.7 Å². The molecule has 39 heavy (non-hydrogen) atoms. The molecule has 0 aromatic heterocycles. The van der Waals surface area contributed by atoms with E-state index in [1.54, 1.807) is 72.8 Å². The van der Waals surface area contributed by atoms with Gasteiger partial charge in [0.2, 0.25) is 0 Å². The molecule has 0 radical (unpaired) electrons. The summed E-state index contributed by atoms with van der Waals surface area (Å²) in [5.41, 5.74) is 2.96. The summed E-state index contributed by atoms with van der Waals surface area (Å²) in [4.78, 5) is 36.8. The minimum absolute atomic E-state index is 0.294. The lowest BCUT2D eigenvalue weighted by Gasteiger charge is -2.16. The number of carboxylic acid groups (broad SMARTS) is 1. The first kappa shape index (κ1) is 27.3. The average molecular weight is 542 g/mol. The molecule has 9 heteroatoms. The van der Waals surface area contributed by atoms with Crippen LogP contribution in [0.2, 0.25) is 0 Å². The highest BCUT2D eigenvalue weighted by Crippen LogP contribution is 2.29. The molecule has 0 aliphatic carbocycles. The van der Waals surface area contributed by atoms with Crippen molar-refractivity contribution in [2.75, 3.05) is 10.6 Å². The van der Waals surface area contributed by atoms with Gasteiger partial charge in [0, 0.05) is 28.4 Å². The molecule has 198 valence electrons. The molecule has 2 unspecified atom stereocenters. The lowest BCUT2D eigenvalue weighted by molar-refractivity contribution is -0.137. The Bertz CT molecular complexity index is 1460. The number of carboxylic acids is 1. The van der Waals surface area contributed by atoms with Gasteiger partial charge in [-0.05, 0) is 53.6 Å². The van der Waals surface area contributed by atoms with Crippen molar-refractivity contribution in [3.63, 3.8) is 0 Å². The van der Waals surface area contributed by atoms with E-state index in [-0.39, 0.29) is 18.4 Å². The molecule has 0 aliphatic heterocycles. The fourth-order valence-corrected chi connectivity index (χ4v) is 5.35. The minimum atomic E-state index is -1.66. The van der Waals surface area contributed by atoms with Gasteiger partial charge in [-0.3, -0.25) is 13.8 Å². The Kier molecular flexibility index (Phi) is 9.20. The zero-order chi connectivity index (χ0) is 27.6. The van der Waals surface area contributed by atoms with Gasteiger partial charge in [0.15, 0.2) is 0 Å². The van der Waals surface area contributed by atoms with E-state index in [0.717, 1.165) is 5.56 Å². The van der Waals surface area contributed by atoms with Crippen LogP contribution in [0.15, 0.2) is 114 Å². The molecule has 0 spiro atoms. The molecule has 0 heterocycles. The van der Waals surface area contributed by atoms with Crippen LogP contribution in [0, 0.1) is 0 Å². The summed E-state index contributed by atoms with van der Waals surface area (Å²) in [7, 11) is -1.66. The third-order valence-corrected chi connectivity index (χ3v) is 7.49. The van der Waals surface area contributed by atoms with Crippen LogP contribution in [0.25, 0.3) is 0 Å². The van der Waals surface area contributed by atoms with Crippen LogP contribution < -0.4 is 16.0 Å². The van der Waals surface area contributed by atoms with Crippen molar-refractivity contribution >= 4 is 40.1 Å². The summed E-state index contributed by atoms with van der Waals surface area (Å²) in [6.07, 6.45) is -0.294. The minimum Gasteiger partial charge on any atom is -0.481 e. The van der Waals surface area contributed by atoms with E-state index in [9.17, 15) is 23.7 Å². The zero-order valence-corrected chi connectivity index (χ0v) is 21.7. The molecule has 0 bridgehead atoms. The second-order valence-electron chi connectivity index (χ2n) is 8.65. The molecule has 0 saturated carbocycles. The highest BCUT2D eigenvalue weighted by Gasteiger charge is 2.24. The molecule has 3 amide bonds. The summed E-state index contributed by atoms with van der Waals surface area (Å²) in [6, 6.07) is 31.0. The molecule has 8 nitrogen and oxygen atoms in total. The predicted molar refractivity (Wildman–Crippen MR) is 151 cm³/mol. The number of anilines is 2. The van der Waals surface area contributed by atoms with E-state index >= 15 is 0 Å². The highest BCUT2D eigenvalue weighted by molar-refractivity contribution is 7.85. The predicted octanol–water partition coefficient (Wildman–Crippen LogP) is 5.58. The largest absolute Gasteiger partial charge is 0.481 e. The number of amides is 3. The Balaban J connectivity index is 1.38. The van der Waals surface area contributed by atoms with Gasteiger partial charge in [-0.25, -0.2) is 4.79 Å². The van der Waals surface area contributed by atoms with E-state index in [1.807, 2.05) is 36.4 Å². The van der Waals surface area contributed by atoms with Crippen molar-refractivity contribution in [3.05, 3.63) is 126 Å². The average Bonchev–Trinajstić information content (AvgIpc) is 2.96. The van der Waals surface area contributed by atoms with E-state index in [1.165, 1.54) is 0 Å². The van der Waals surface area contributed by atoms with Gasteiger partial charge in [-0.15, -0.1) is 0 Å². The van der Waals surface area contributed by atoms with Crippen molar-refractivity contribution in [1.29, 1.82) is 0 Å². The van der Waals surface area contributed by atoms with Crippen molar-refractivity contribution in [3.8, 4) is 0 Å². The number of carbonyl (C=O) groups is 3. The van der Waals surface area contributed by atoms with Crippen LogP contribution in [0.3, 0.4) is 0 Å². The second-order valence-corrected chi connectivity index (χ2v) is 10.3. The number of rotatable bonds is 10. The van der Waals surface area contributed by atoms with Crippen LogP contribution in [0.1, 0.15) is 33.2 Å². The molecule has 0 saturated heterocycles. The lowest BCUT2D eigenvalue weighted by atomic mass is 10.1. The van der Waals surface area contributed by atoms with Gasteiger partial charge in [-0.1, -0.05) is 66.7 Å². The molecule has 4 rings (SSSR count). The van der Waals surface area contributed by atoms with Crippen LogP contribution in [0.4, 0.5) is 16.2 Å². The van der Waals surface area contributed by atoms with Crippen LogP contribution in [0.5, 0.6) is 0 Å². The molecular formula is C30H27N3O5S. The number of aliphatic carboxylic acids is 1. The fourth-order valence-electron chi connectivity index (χ4n) is 3.87. The molecular weight excluding hydrogens is 514 g/mol. The first-order valence-corrected chi connectivity index (χ1v) is 13.4. The number of hydrogen-bond acceptors (Lipinski definition) is 4. The molecule has 4 aromatic carbocycles. The standard InChI is InChI=1S/C30H27N3O5S/c34-28(35)19-27(22-10-5-2-6-11-22)39(38)26-13-7-12-25(18-26)32-29(36)23-14-16-24(17-15-23)33-30(37)31-20-21-8-3-1-4-9-21/h1-18,27H,19-20H2,(H,32,36)(H,34,35)(H2,31,33,37). The van der Waals surface area contributed by atoms with Gasteiger partial charge < -0.3 is 21.1 Å². The smallest absolute Gasteiger partial charge is 0.319 e. The van der Waals surface area contributed by atoms with Gasteiger partial charge in [0.25, 0.3) is 5.91 Å². The van der Waals surface area contributed by atoms with E-state index in [0.29, 0.717) is 33.9 Å². The Morgan fingerprint density at radius 1 is 0.744 bits per heavy atom. The van der Waals surface area contributed by atoms with Crippen LogP contribution in [-0.2, 0) is 22.1 Å².